The van der Waals surface area contributed by atoms with E-state index >= 15 is 0 Å². The van der Waals surface area contributed by atoms with Gasteiger partial charge in [-0.15, -0.1) is 0 Å². The zero-order valence-electron chi connectivity index (χ0n) is 16.7. The van der Waals surface area contributed by atoms with Gasteiger partial charge in [-0.05, 0) is 57.9 Å². The Morgan fingerprint density at radius 2 is 1.93 bits per heavy atom. The van der Waals surface area contributed by atoms with Crippen LogP contribution < -0.4 is 0 Å². The van der Waals surface area contributed by atoms with Gasteiger partial charge in [0, 0.05) is 25.3 Å². The summed E-state index contributed by atoms with van der Waals surface area (Å²) in [6, 6.07) is 7.28. The van der Waals surface area contributed by atoms with E-state index in [9.17, 15) is 9.59 Å². The van der Waals surface area contributed by atoms with Gasteiger partial charge in [0.2, 0.25) is 0 Å². The maximum atomic E-state index is 12.8. The third-order valence-corrected chi connectivity index (χ3v) is 4.93. The van der Waals surface area contributed by atoms with Gasteiger partial charge in [0.05, 0.1) is 30.3 Å². The first-order chi connectivity index (χ1) is 13.5. The van der Waals surface area contributed by atoms with Crippen molar-refractivity contribution in [1.29, 1.82) is 0 Å². The van der Waals surface area contributed by atoms with Gasteiger partial charge in [-0.25, -0.2) is 9.48 Å². The summed E-state index contributed by atoms with van der Waals surface area (Å²) in [7, 11) is 0. The molecule has 0 radical (unpaired) electrons. The second-order valence-corrected chi connectivity index (χ2v) is 6.79. The highest BCUT2D eigenvalue weighted by atomic mass is 16.5. The van der Waals surface area contributed by atoms with E-state index in [0.717, 1.165) is 25.1 Å². The van der Waals surface area contributed by atoms with Crippen molar-refractivity contribution in [2.45, 2.75) is 39.7 Å². The van der Waals surface area contributed by atoms with Crippen molar-refractivity contribution >= 4 is 11.9 Å². The Balaban J connectivity index is 1.73. The average Bonchev–Trinajstić information content (AvgIpc) is 3.10. The molecule has 7 heteroatoms. The number of rotatable bonds is 6. The minimum atomic E-state index is -0.382. The number of carbonyl (C=O) groups excluding carboxylic acids is 2. The van der Waals surface area contributed by atoms with Gasteiger partial charge in [0.1, 0.15) is 5.56 Å². The smallest absolute Gasteiger partial charge is 0.341 e. The van der Waals surface area contributed by atoms with Crippen LogP contribution >= 0.6 is 0 Å². The number of hydrogen-bond donors (Lipinski definition) is 0. The topological polar surface area (TPSA) is 73.7 Å². The summed E-state index contributed by atoms with van der Waals surface area (Å²) in [4.78, 5) is 26.6. The predicted molar refractivity (Wildman–Crippen MR) is 105 cm³/mol. The Kier molecular flexibility index (Phi) is 6.46. The number of nitrogens with zero attached hydrogens (tertiary/aromatic N) is 3. The summed E-state index contributed by atoms with van der Waals surface area (Å²) < 4.78 is 12.4. The molecule has 7 nitrogen and oxygen atoms in total. The van der Waals surface area contributed by atoms with E-state index in [0.29, 0.717) is 36.6 Å². The van der Waals surface area contributed by atoms with E-state index < -0.39 is 0 Å². The van der Waals surface area contributed by atoms with Gasteiger partial charge in [0.15, 0.2) is 0 Å². The number of benzene rings is 1. The molecule has 0 aliphatic carbocycles. The quantitative estimate of drug-likeness (QED) is 0.715. The lowest BCUT2D eigenvalue weighted by Crippen LogP contribution is -2.43. The molecule has 28 heavy (non-hydrogen) atoms. The summed E-state index contributed by atoms with van der Waals surface area (Å²) in [6.45, 7) is 7.94. The van der Waals surface area contributed by atoms with Gasteiger partial charge in [-0.2, -0.15) is 5.10 Å². The molecule has 0 saturated carbocycles. The van der Waals surface area contributed by atoms with Gasteiger partial charge in [-0.1, -0.05) is 0 Å². The Morgan fingerprint density at radius 3 is 2.61 bits per heavy atom. The van der Waals surface area contributed by atoms with Crippen molar-refractivity contribution < 1.29 is 19.1 Å². The Labute approximate surface area is 165 Å². The van der Waals surface area contributed by atoms with Crippen molar-refractivity contribution in [3.63, 3.8) is 0 Å². The van der Waals surface area contributed by atoms with E-state index in [1.165, 1.54) is 6.20 Å². The van der Waals surface area contributed by atoms with Crippen molar-refractivity contribution in [2.24, 2.45) is 0 Å². The minimum Gasteiger partial charge on any atom is -0.462 e. The molecule has 1 aromatic heterocycles. The van der Waals surface area contributed by atoms with E-state index in [2.05, 4.69) is 5.10 Å². The molecule has 3 rings (SSSR count). The van der Waals surface area contributed by atoms with E-state index in [1.54, 1.807) is 23.7 Å². The number of piperidine rings is 1. The normalized spacial score (nSPS) is 16.8. The third kappa shape index (κ3) is 4.25. The van der Waals surface area contributed by atoms with Crippen LogP contribution in [0.2, 0.25) is 0 Å². The summed E-state index contributed by atoms with van der Waals surface area (Å²) in [5.74, 6) is -0.368. The molecule has 1 saturated heterocycles. The number of ether oxygens (including phenoxy) is 2. The molecule has 0 N–H and O–H groups in total. The average molecular weight is 385 g/mol. The van der Waals surface area contributed by atoms with Crippen LogP contribution in [0.3, 0.4) is 0 Å². The molecule has 1 aromatic carbocycles. The van der Waals surface area contributed by atoms with Crippen LogP contribution in [0.15, 0.2) is 30.5 Å². The van der Waals surface area contributed by atoms with Gasteiger partial charge < -0.3 is 14.4 Å². The van der Waals surface area contributed by atoms with E-state index in [4.69, 9.17) is 9.47 Å². The fraction of sp³-hybridized carbons (Fsp3) is 0.476. The van der Waals surface area contributed by atoms with E-state index in [-0.39, 0.29) is 18.0 Å². The lowest BCUT2D eigenvalue weighted by atomic mass is 10.1. The highest BCUT2D eigenvalue weighted by Gasteiger charge is 2.25. The monoisotopic (exact) mass is 385 g/mol. The van der Waals surface area contributed by atoms with Crippen LogP contribution in [0.1, 0.15) is 53.1 Å². The predicted octanol–water partition coefficient (Wildman–Crippen LogP) is 3.00. The van der Waals surface area contributed by atoms with Crippen molar-refractivity contribution in [3.05, 3.63) is 47.3 Å². The fourth-order valence-electron chi connectivity index (χ4n) is 3.50. The Morgan fingerprint density at radius 1 is 1.18 bits per heavy atom. The summed E-state index contributed by atoms with van der Waals surface area (Å²) >= 11 is 0. The number of aromatic nitrogens is 2. The highest BCUT2D eigenvalue weighted by molar-refractivity contribution is 5.94. The second-order valence-electron chi connectivity index (χ2n) is 6.79. The lowest BCUT2D eigenvalue weighted by Gasteiger charge is -2.32. The van der Waals surface area contributed by atoms with Crippen LogP contribution in [0.5, 0.6) is 0 Å². The molecule has 1 atom stereocenters. The molecule has 1 amide bonds. The lowest BCUT2D eigenvalue weighted by molar-refractivity contribution is 0.00724. The SMILES string of the molecule is CCOC(=O)c1cnn(-c2ccc(C(=O)N3CCCC(OCC)C3)cc2)c1C. The van der Waals surface area contributed by atoms with Crippen LogP contribution in [-0.2, 0) is 9.47 Å². The zero-order chi connectivity index (χ0) is 20.1. The fourth-order valence-corrected chi connectivity index (χ4v) is 3.50. The molecular formula is C21H27N3O4. The molecule has 1 aliphatic heterocycles. The molecule has 150 valence electrons. The van der Waals surface area contributed by atoms with Crippen molar-refractivity contribution in [1.82, 2.24) is 14.7 Å². The molecule has 1 unspecified atom stereocenters. The zero-order valence-corrected chi connectivity index (χ0v) is 16.7. The van der Waals surface area contributed by atoms with Crippen LogP contribution in [0.25, 0.3) is 5.69 Å². The van der Waals surface area contributed by atoms with E-state index in [1.807, 2.05) is 30.9 Å². The maximum Gasteiger partial charge on any atom is 0.341 e. The van der Waals surface area contributed by atoms with Gasteiger partial charge in [-0.3, -0.25) is 4.79 Å². The number of carbonyl (C=O) groups is 2. The van der Waals surface area contributed by atoms with Crippen LogP contribution in [-0.4, -0.2) is 59.0 Å². The highest BCUT2D eigenvalue weighted by Crippen LogP contribution is 2.19. The first-order valence-electron chi connectivity index (χ1n) is 9.78. The molecule has 0 bridgehead atoms. The van der Waals surface area contributed by atoms with Gasteiger partial charge >= 0.3 is 5.97 Å². The molecule has 1 fully saturated rings. The summed E-state index contributed by atoms with van der Waals surface area (Å²) in [5, 5.41) is 4.29. The van der Waals surface area contributed by atoms with Crippen molar-refractivity contribution in [2.75, 3.05) is 26.3 Å². The first-order valence-corrected chi connectivity index (χ1v) is 9.78. The molecule has 2 heterocycles. The number of esters is 1. The Hall–Kier alpha value is -2.67. The molecular weight excluding hydrogens is 358 g/mol. The second kappa shape index (κ2) is 9.01. The van der Waals surface area contributed by atoms with Crippen molar-refractivity contribution in [3.8, 4) is 5.69 Å². The molecule has 1 aliphatic rings. The largest absolute Gasteiger partial charge is 0.462 e. The standard InChI is InChI=1S/C21H27N3O4/c1-4-27-18-7-6-12-23(14-18)20(25)16-8-10-17(11-9-16)24-15(3)19(13-22-24)21(26)28-5-2/h8-11,13,18H,4-7,12,14H2,1-3H3. The third-order valence-electron chi connectivity index (χ3n) is 4.93. The van der Waals surface area contributed by atoms with Crippen LogP contribution in [0.4, 0.5) is 0 Å². The summed E-state index contributed by atoms with van der Waals surface area (Å²) in [5.41, 5.74) is 2.57. The number of hydrogen-bond acceptors (Lipinski definition) is 5. The molecule has 2 aromatic rings. The first kappa shape index (κ1) is 20.1. The minimum absolute atomic E-state index is 0.0142. The Bertz CT molecular complexity index is 827. The maximum absolute atomic E-state index is 12.8. The van der Waals surface area contributed by atoms with Gasteiger partial charge in [0.25, 0.3) is 5.91 Å². The van der Waals surface area contributed by atoms with Crippen LogP contribution in [0, 0.1) is 6.92 Å². The molecule has 0 spiro atoms. The number of likely N-dealkylation sites (tertiary alicyclic amines) is 1. The summed E-state index contributed by atoms with van der Waals surface area (Å²) in [6.07, 6.45) is 3.58. The number of amides is 1.